The highest BCUT2D eigenvalue weighted by Gasteiger charge is 2.26. The van der Waals surface area contributed by atoms with Crippen LogP contribution in [0.5, 0.6) is 0 Å². The molecule has 0 aliphatic heterocycles. The molecule has 2 unspecified atom stereocenters. The Bertz CT molecular complexity index is 504. The van der Waals surface area contributed by atoms with Crippen LogP contribution in [0.15, 0.2) is 11.2 Å². The minimum absolute atomic E-state index is 0.0778. The van der Waals surface area contributed by atoms with Gasteiger partial charge in [0.25, 0.3) is 10.0 Å². The molecule has 0 spiro atoms. The van der Waals surface area contributed by atoms with Gasteiger partial charge in [-0.1, -0.05) is 6.42 Å². The average Bonchev–Trinajstić information content (AvgIpc) is 2.84. The predicted octanol–water partition coefficient (Wildman–Crippen LogP) is 0.134. The Balaban J connectivity index is 2.03. The second-order valence-corrected chi connectivity index (χ2v) is 6.66. The van der Waals surface area contributed by atoms with Crippen molar-refractivity contribution in [1.29, 1.82) is 0 Å². The van der Waals surface area contributed by atoms with Crippen LogP contribution in [0.2, 0.25) is 0 Å². The Morgan fingerprint density at radius 3 is 2.78 bits per heavy atom. The molecule has 1 aromatic heterocycles. The van der Waals surface area contributed by atoms with Crippen LogP contribution in [0.4, 0.5) is 0 Å². The highest BCUT2D eigenvalue weighted by Crippen LogP contribution is 2.23. The predicted molar refractivity (Wildman–Crippen MR) is 68.4 cm³/mol. The Morgan fingerprint density at radius 1 is 1.56 bits per heavy atom. The van der Waals surface area contributed by atoms with E-state index in [1.807, 2.05) is 0 Å². The van der Waals surface area contributed by atoms with E-state index in [9.17, 15) is 8.42 Å². The van der Waals surface area contributed by atoms with Gasteiger partial charge in [0.2, 0.25) is 0 Å². The van der Waals surface area contributed by atoms with Crippen molar-refractivity contribution in [3.8, 4) is 0 Å². The monoisotopic (exact) mass is 272 g/mol. The van der Waals surface area contributed by atoms with Crippen LogP contribution in [0.3, 0.4) is 0 Å². The smallest absolute Gasteiger partial charge is 0.259 e. The van der Waals surface area contributed by atoms with Crippen LogP contribution in [0.1, 0.15) is 25.1 Å². The lowest BCUT2D eigenvalue weighted by molar-refractivity contribution is 0.469. The lowest BCUT2D eigenvalue weighted by Crippen LogP contribution is -2.36. The first-order valence-electron chi connectivity index (χ1n) is 6.15. The van der Waals surface area contributed by atoms with Crippen molar-refractivity contribution in [2.45, 2.75) is 37.3 Å². The number of aromatic nitrogens is 2. The molecule has 7 heteroatoms. The van der Waals surface area contributed by atoms with Crippen molar-refractivity contribution < 1.29 is 8.42 Å². The van der Waals surface area contributed by atoms with Crippen LogP contribution >= 0.6 is 0 Å². The topological polar surface area (TPSA) is 90.0 Å². The molecule has 0 saturated heterocycles. The molecule has 18 heavy (non-hydrogen) atoms. The summed E-state index contributed by atoms with van der Waals surface area (Å²) in [6.07, 6.45) is 4.57. The second-order valence-electron chi connectivity index (χ2n) is 4.94. The summed E-state index contributed by atoms with van der Waals surface area (Å²) in [5.74, 6) is 0.914. The molecule has 1 heterocycles. The zero-order valence-electron chi connectivity index (χ0n) is 10.8. The van der Waals surface area contributed by atoms with E-state index in [0.717, 1.165) is 19.3 Å². The van der Waals surface area contributed by atoms with E-state index in [4.69, 9.17) is 5.73 Å². The normalized spacial score (nSPS) is 24.6. The summed E-state index contributed by atoms with van der Waals surface area (Å²) in [4.78, 5) is 4.03. The molecule has 1 fully saturated rings. The fraction of sp³-hybridized carbons (Fsp3) is 0.727. The molecule has 0 amide bonds. The molecule has 2 rings (SSSR count). The molecule has 1 aliphatic carbocycles. The lowest BCUT2D eigenvalue weighted by atomic mass is 10.1. The van der Waals surface area contributed by atoms with Crippen LogP contribution in [-0.4, -0.2) is 30.6 Å². The summed E-state index contributed by atoms with van der Waals surface area (Å²) in [6.45, 7) is 2.17. The highest BCUT2D eigenvalue weighted by atomic mass is 32.2. The number of nitrogens with zero attached hydrogens (tertiary/aromatic N) is 2. The van der Waals surface area contributed by atoms with Gasteiger partial charge in [0.05, 0.1) is 0 Å². The maximum absolute atomic E-state index is 12.0. The quantitative estimate of drug-likeness (QED) is 0.815. The standard InChI is InChI=1S/C11H20N4O2S/c1-8-14-11(7-15(8)2)18(16,17)13-6-9-4-3-5-10(9)12/h7,9-10,13H,3-6,12H2,1-2H3. The van der Waals surface area contributed by atoms with Crippen LogP contribution < -0.4 is 10.5 Å². The summed E-state index contributed by atoms with van der Waals surface area (Å²) in [5.41, 5.74) is 5.92. The number of imidazole rings is 1. The summed E-state index contributed by atoms with van der Waals surface area (Å²) in [5, 5.41) is 0.0778. The van der Waals surface area contributed by atoms with Gasteiger partial charge in [0, 0.05) is 25.8 Å². The molecule has 0 bridgehead atoms. The van der Waals surface area contributed by atoms with Gasteiger partial charge in [-0.2, -0.15) is 0 Å². The third-order valence-electron chi connectivity index (χ3n) is 3.62. The van der Waals surface area contributed by atoms with Crippen LogP contribution in [0.25, 0.3) is 0 Å². The third-order valence-corrected chi connectivity index (χ3v) is 4.91. The fourth-order valence-corrected chi connectivity index (χ4v) is 3.40. The minimum Gasteiger partial charge on any atom is -0.337 e. The van der Waals surface area contributed by atoms with E-state index in [-0.39, 0.29) is 17.0 Å². The second kappa shape index (κ2) is 4.99. The molecule has 2 atom stereocenters. The van der Waals surface area contributed by atoms with Gasteiger partial charge in [-0.05, 0) is 25.7 Å². The lowest BCUT2D eigenvalue weighted by Gasteiger charge is -2.15. The summed E-state index contributed by atoms with van der Waals surface area (Å²) in [6, 6.07) is 0.109. The molecule has 3 N–H and O–H groups in total. The SMILES string of the molecule is Cc1nc(S(=O)(=O)NCC2CCCC2N)cn1C. The third kappa shape index (κ3) is 2.73. The molecule has 1 saturated carbocycles. The molecule has 0 radical (unpaired) electrons. The van der Waals surface area contributed by atoms with Crippen molar-refractivity contribution in [1.82, 2.24) is 14.3 Å². The van der Waals surface area contributed by atoms with Gasteiger partial charge in [-0.25, -0.2) is 18.1 Å². The fourth-order valence-electron chi connectivity index (χ4n) is 2.27. The van der Waals surface area contributed by atoms with E-state index < -0.39 is 10.0 Å². The number of nitrogens with one attached hydrogen (secondary N) is 1. The van der Waals surface area contributed by atoms with Gasteiger partial charge >= 0.3 is 0 Å². The van der Waals surface area contributed by atoms with Crippen molar-refractivity contribution in [3.05, 3.63) is 12.0 Å². The Hall–Kier alpha value is -0.920. The van der Waals surface area contributed by atoms with E-state index >= 15 is 0 Å². The first kappa shape index (κ1) is 13.5. The zero-order valence-corrected chi connectivity index (χ0v) is 11.6. The summed E-state index contributed by atoms with van der Waals surface area (Å²) in [7, 11) is -1.74. The summed E-state index contributed by atoms with van der Waals surface area (Å²) < 4.78 is 28.4. The number of nitrogens with two attached hydrogens (primary N) is 1. The van der Waals surface area contributed by atoms with E-state index in [1.165, 1.54) is 6.20 Å². The Morgan fingerprint density at radius 2 is 2.28 bits per heavy atom. The van der Waals surface area contributed by atoms with Gasteiger partial charge < -0.3 is 10.3 Å². The average molecular weight is 272 g/mol. The van der Waals surface area contributed by atoms with Crippen LogP contribution in [0, 0.1) is 12.8 Å². The number of hydrogen-bond acceptors (Lipinski definition) is 4. The minimum atomic E-state index is -3.51. The van der Waals surface area contributed by atoms with Gasteiger partial charge in [-0.15, -0.1) is 0 Å². The Labute approximate surface area is 108 Å². The van der Waals surface area contributed by atoms with Gasteiger partial charge in [0.15, 0.2) is 5.03 Å². The first-order valence-corrected chi connectivity index (χ1v) is 7.63. The maximum Gasteiger partial charge on any atom is 0.259 e. The number of rotatable bonds is 4. The molecule has 6 nitrogen and oxygen atoms in total. The van der Waals surface area contributed by atoms with E-state index in [1.54, 1.807) is 18.5 Å². The molecular weight excluding hydrogens is 252 g/mol. The van der Waals surface area contributed by atoms with Gasteiger partial charge in [-0.3, -0.25) is 0 Å². The molecule has 102 valence electrons. The zero-order chi connectivity index (χ0) is 13.3. The molecular formula is C11H20N4O2S. The van der Waals surface area contributed by atoms with Crippen molar-refractivity contribution >= 4 is 10.0 Å². The summed E-state index contributed by atoms with van der Waals surface area (Å²) >= 11 is 0. The molecule has 1 aromatic rings. The van der Waals surface area contributed by atoms with E-state index in [2.05, 4.69) is 9.71 Å². The number of aryl methyl sites for hydroxylation is 2. The van der Waals surface area contributed by atoms with Crippen molar-refractivity contribution in [2.24, 2.45) is 18.7 Å². The van der Waals surface area contributed by atoms with Gasteiger partial charge in [0.1, 0.15) is 5.82 Å². The number of sulfonamides is 1. The first-order chi connectivity index (χ1) is 8.40. The Kier molecular flexibility index (Phi) is 3.74. The van der Waals surface area contributed by atoms with Crippen LogP contribution in [-0.2, 0) is 17.1 Å². The van der Waals surface area contributed by atoms with Crippen molar-refractivity contribution in [2.75, 3.05) is 6.54 Å². The highest BCUT2D eigenvalue weighted by molar-refractivity contribution is 7.89. The number of hydrogen-bond donors (Lipinski definition) is 2. The molecule has 0 aromatic carbocycles. The maximum atomic E-state index is 12.0. The molecule has 1 aliphatic rings. The van der Waals surface area contributed by atoms with Crippen molar-refractivity contribution in [3.63, 3.8) is 0 Å². The van der Waals surface area contributed by atoms with E-state index in [0.29, 0.717) is 12.4 Å². The largest absolute Gasteiger partial charge is 0.337 e.